The van der Waals surface area contributed by atoms with Crippen molar-refractivity contribution in [2.45, 2.75) is 71.0 Å². The Bertz CT molecular complexity index is 2020. The highest BCUT2D eigenvalue weighted by molar-refractivity contribution is 6.07. The fourth-order valence-electron chi connectivity index (χ4n) is 7.58. The van der Waals surface area contributed by atoms with Crippen molar-refractivity contribution in [2.75, 3.05) is 23.8 Å². The fraction of sp³-hybridized carbons (Fsp3) is 0.333. The number of imide groups is 1. The number of rotatable bonds is 10. The Hall–Kier alpha value is -5.78. The van der Waals surface area contributed by atoms with E-state index in [4.69, 9.17) is 4.52 Å². The van der Waals surface area contributed by atoms with Crippen LogP contribution in [-0.4, -0.2) is 64.3 Å². The molecular formula is C39H40N6O6. The number of hydrogen-bond donors (Lipinski definition) is 2. The second-order valence-electron chi connectivity index (χ2n) is 13.4. The molecule has 12 nitrogen and oxygen atoms in total. The van der Waals surface area contributed by atoms with Crippen LogP contribution in [0.2, 0.25) is 0 Å². The van der Waals surface area contributed by atoms with Gasteiger partial charge in [0.2, 0.25) is 17.7 Å². The number of nitrogens with one attached hydrogen (secondary N) is 2. The van der Waals surface area contributed by atoms with Crippen molar-refractivity contribution in [2.24, 2.45) is 0 Å². The van der Waals surface area contributed by atoms with E-state index in [2.05, 4.69) is 21.9 Å². The summed E-state index contributed by atoms with van der Waals surface area (Å²) in [4.78, 5) is 69.3. The highest BCUT2D eigenvalue weighted by Gasteiger charge is 2.40. The molecule has 3 aliphatic heterocycles. The Balaban J connectivity index is 1.00. The van der Waals surface area contributed by atoms with Crippen molar-refractivity contribution >= 4 is 41.0 Å². The number of piperidine rings is 1. The molecule has 4 aromatic rings. The SMILES string of the molecule is Cc1noc(C)c1-c1ccc2c(c1)C(c1ccccc1)N(CCCCCC(=O)Nc1cccc3c1CN(C1CCC(=O)NC1=O)C3=O)C(=O)N2C. The van der Waals surface area contributed by atoms with Crippen molar-refractivity contribution in [3.63, 3.8) is 0 Å². The Morgan fingerprint density at radius 2 is 1.78 bits per heavy atom. The number of carbonyl (C=O) groups is 5. The summed E-state index contributed by atoms with van der Waals surface area (Å²) in [6, 6.07) is 20.2. The number of benzene rings is 3. The molecule has 6 amide bonds. The second-order valence-corrected chi connectivity index (χ2v) is 13.4. The van der Waals surface area contributed by atoms with Gasteiger partial charge in [0.15, 0.2) is 0 Å². The number of nitrogens with zero attached hydrogens (tertiary/aromatic N) is 4. The van der Waals surface area contributed by atoms with Crippen LogP contribution in [0.1, 0.15) is 83.1 Å². The molecule has 2 atom stereocenters. The van der Waals surface area contributed by atoms with E-state index in [1.54, 1.807) is 30.1 Å². The van der Waals surface area contributed by atoms with Crippen molar-refractivity contribution in [3.8, 4) is 11.1 Å². The lowest BCUT2D eigenvalue weighted by Gasteiger charge is -2.42. The summed E-state index contributed by atoms with van der Waals surface area (Å²) in [6.07, 6.45) is 2.76. The summed E-state index contributed by atoms with van der Waals surface area (Å²) >= 11 is 0. The summed E-state index contributed by atoms with van der Waals surface area (Å²) in [5.74, 6) is -0.536. The minimum absolute atomic E-state index is 0.0852. The minimum Gasteiger partial charge on any atom is -0.361 e. The number of hydrogen-bond acceptors (Lipinski definition) is 7. The molecule has 1 saturated heterocycles. The first-order chi connectivity index (χ1) is 24.6. The van der Waals surface area contributed by atoms with E-state index in [1.165, 1.54) is 4.90 Å². The lowest BCUT2D eigenvalue weighted by atomic mass is 9.90. The highest BCUT2D eigenvalue weighted by Crippen LogP contribution is 2.43. The largest absolute Gasteiger partial charge is 0.361 e. The van der Waals surface area contributed by atoms with Gasteiger partial charge in [-0.25, -0.2) is 4.79 Å². The molecule has 3 aliphatic rings. The van der Waals surface area contributed by atoms with Crippen LogP contribution >= 0.6 is 0 Å². The van der Waals surface area contributed by atoms with Gasteiger partial charge in [0.05, 0.1) is 17.4 Å². The lowest BCUT2D eigenvalue weighted by molar-refractivity contribution is -0.137. The first-order valence-corrected chi connectivity index (χ1v) is 17.3. The Morgan fingerprint density at radius 3 is 2.53 bits per heavy atom. The molecular weight excluding hydrogens is 648 g/mol. The van der Waals surface area contributed by atoms with Crippen LogP contribution in [0.4, 0.5) is 16.2 Å². The zero-order chi connectivity index (χ0) is 35.8. The average Bonchev–Trinajstić information content (AvgIpc) is 3.64. The van der Waals surface area contributed by atoms with E-state index in [0.717, 1.165) is 45.8 Å². The quantitative estimate of drug-likeness (QED) is 0.156. The number of aryl methyl sites for hydroxylation is 2. The van der Waals surface area contributed by atoms with Crippen molar-refractivity contribution in [1.82, 2.24) is 20.3 Å². The van der Waals surface area contributed by atoms with Gasteiger partial charge in [-0.3, -0.25) is 29.4 Å². The van der Waals surface area contributed by atoms with Crippen LogP contribution in [0.25, 0.3) is 11.1 Å². The maximum Gasteiger partial charge on any atom is 0.325 e. The Morgan fingerprint density at radius 1 is 0.980 bits per heavy atom. The van der Waals surface area contributed by atoms with Crippen LogP contribution < -0.4 is 15.5 Å². The highest BCUT2D eigenvalue weighted by atomic mass is 16.5. The molecule has 3 aromatic carbocycles. The van der Waals surface area contributed by atoms with Crippen LogP contribution in [0, 0.1) is 13.8 Å². The summed E-state index contributed by atoms with van der Waals surface area (Å²) < 4.78 is 5.46. The number of unbranched alkanes of at least 4 members (excludes halogenated alkanes) is 2. The predicted molar refractivity (Wildman–Crippen MR) is 190 cm³/mol. The van der Waals surface area contributed by atoms with Crippen molar-refractivity contribution in [1.29, 1.82) is 0 Å². The molecule has 1 fully saturated rings. The van der Waals surface area contributed by atoms with Gasteiger partial charge in [0.25, 0.3) is 5.91 Å². The number of aromatic nitrogens is 1. The molecule has 0 aliphatic carbocycles. The van der Waals surface area contributed by atoms with E-state index in [1.807, 2.05) is 61.2 Å². The third-order valence-corrected chi connectivity index (χ3v) is 10.1. The predicted octanol–water partition coefficient (Wildman–Crippen LogP) is 5.88. The maximum atomic E-state index is 13.8. The average molecular weight is 689 g/mol. The van der Waals surface area contributed by atoms with Crippen molar-refractivity contribution < 1.29 is 28.5 Å². The molecule has 0 spiro atoms. The molecule has 1 aromatic heterocycles. The molecule has 0 saturated carbocycles. The Labute approximate surface area is 295 Å². The zero-order valence-corrected chi connectivity index (χ0v) is 28.9. The number of fused-ring (bicyclic) bond motifs is 2. The van der Waals surface area contributed by atoms with Gasteiger partial charge in [-0.2, -0.15) is 0 Å². The van der Waals surface area contributed by atoms with Crippen LogP contribution in [0.15, 0.2) is 71.3 Å². The fourth-order valence-corrected chi connectivity index (χ4v) is 7.58. The molecule has 51 heavy (non-hydrogen) atoms. The van der Waals surface area contributed by atoms with E-state index >= 15 is 0 Å². The van der Waals surface area contributed by atoms with Gasteiger partial charge in [-0.05, 0) is 68.5 Å². The van der Waals surface area contributed by atoms with Crippen molar-refractivity contribution in [3.05, 3.63) is 100 Å². The number of carbonyl (C=O) groups excluding carboxylic acids is 5. The minimum atomic E-state index is -0.725. The van der Waals surface area contributed by atoms with Crippen LogP contribution in [0.3, 0.4) is 0 Å². The van der Waals surface area contributed by atoms with Gasteiger partial charge in [-0.1, -0.05) is 54.0 Å². The molecule has 2 unspecified atom stereocenters. The third-order valence-electron chi connectivity index (χ3n) is 10.1. The molecule has 0 radical (unpaired) electrons. The molecule has 4 heterocycles. The first-order valence-electron chi connectivity index (χ1n) is 17.3. The second kappa shape index (κ2) is 13.9. The van der Waals surface area contributed by atoms with Gasteiger partial charge in [0, 0.05) is 60.9 Å². The molecule has 2 N–H and O–H groups in total. The smallest absolute Gasteiger partial charge is 0.325 e. The van der Waals surface area contributed by atoms with E-state index in [-0.39, 0.29) is 55.6 Å². The van der Waals surface area contributed by atoms with Crippen LogP contribution in [0.5, 0.6) is 0 Å². The summed E-state index contributed by atoms with van der Waals surface area (Å²) in [5, 5.41) is 9.43. The molecule has 0 bridgehead atoms. The number of amides is 6. The topological polar surface area (TPSA) is 145 Å². The number of anilines is 2. The first kappa shape index (κ1) is 33.7. The summed E-state index contributed by atoms with van der Waals surface area (Å²) in [7, 11) is 1.80. The molecule has 262 valence electrons. The normalized spacial score (nSPS) is 18.5. The Kier molecular flexibility index (Phi) is 9.15. The standard InChI is InChI=1S/C39H40N6O6/c1-23-35(24(2)51-42-23)26-16-17-31-28(21-26)36(25-11-6-4-7-12-25)44(39(50)43(31)3)20-9-5-8-15-33(46)40-30-14-10-13-27-29(30)22-45(38(27)49)32-18-19-34(47)41-37(32)48/h4,6-7,10-14,16-17,21,32,36H,5,8-9,15,18-20,22H2,1-3H3,(H,40,46)(H,41,47,48). The van der Waals surface area contributed by atoms with Gasteiger partial charge in [-0.15, -0.1) is 0 Å². The lowest BCUT2D eigenvalue weighted by Crippen LogP contribution is -2.52. The summed E-state index contributed by atoms with van der Waals surface area (Å²) in [5.41, 5.74) is 7.29. The maximum absolute atomic E-state index is 13.8. The van der Waals surface area contributed by atoms with E-state index in [0.29, 0.717) is 36.2 Å². The summed E-state index contributed by atoms with van der Waals surface area (Å²) in [6.45, 7) is 4.51. The third kappa shape index (κ3) is 6.37. The monoisotopic (exact) mass is 688 g/mol. The van der Waals surface area contributed by atoms with E-state index in [9.17, 15) is 24.0 Å². The van der Waals surface area contributed by atoms with Crippen LogP contribution in [-0.2, 0) is 20.9 Å². The van der Waals surface area contributed by atoms with Gasteiger partial charge >= 0.3 is 6.03 Å². The van der Waals surface area contributed by atoms with Gasteiger partial charge < -0.3 is 19.6 Å². The van der Waals surface area contributed by atoms with E-state index < -0.39 is 11.9 Å². The number of urea groups is 1. The zero-order valence-electron chi connectivity index (χ0n) is 28.9. The molecule has 12 heteroatoms. The molecule has 7 rings (SSSR count). The van der Waals surface area contributed by atoms with Gasteiger partial charge in [0.1, 0.15) is 11.8 Å².